The maximum absolute atomic E-state index is 15.2. The minimum Gasteiger partial charge on any atom is -0.478 e. The molecular formula is C22H16F4N2O7S. The molecule has 190 valence electrons. The van der Waals surface area contributed by atoms with Crippen LogP contribution >= 0.6 is 0 Å². The summed E-state index contributed by atoms with van der Waals surface area (Å²) < 4.78 is 81.9. The Morgan fingerprint density at radius 2 is 1.67 bits per heavy atom. The fourth-order valence-corrected chi connectivity index (χ4v) is 4.67. The van der Waals surface area contributed by atoms with Crippen molar-refractivity contribution in [1.82, 2.24) is 4.57 Å². The molecule has 2 N–H and O–H groups in total. The number of carbonyl (C=O) groups is 2. The predicted molar refractivity (Wildman–Crippen MR) is 118 cm³/mol. The molecule has 36 heavy (non-hydrogen) atoms. The van der Waals surface area contributed by atoms with Gasteiger partial charge in [-0.15, -0.1) is 0 Å². The second-order valence-electron chi connectivity index (χ2n) is 8.10. The quantitative estimate of drug-likeness (QED) is 0.447. The Labute approximate surface area is 199 Å². The summed E-state index contributed by atoms with van der Waals surface area (Å²) in [6.07, 6.45) is 2.12. The van der Waals surface area contributed by atoms with Gasteiger partial charge >= 0.3 is 27.5 Å². The maximum Gasteiger partial charge on any atom is 0.516 e. The van der Waals surface area contributed by atoms with Gasteiger partial charge in [-0.05, 0) is 42.7 Å². The number of aromatic nitrogens is 1. The van der Waals surface area contributed by atoms with Crippen molar-refractivity contribution in [2.45, 2.75) is 30.9 Å². The number of aromatic carboxylic acids is 2. The number of hydrogen-bond donors (Lipinski definition) is 2. The number of fused-ring (bicyclic) bond motifs is 1. The van der Waals surface area contributed by atoms with Crippen LogP contribution in [0.5, 0.6) is 0 Å². The van der Waals surface area contributed by atoms with Gasteiger partial charge in [-0.25, -0.2) is 14.0 Å². The maximum atomic E-state index is 15.2. The molecule has 4 rings (SSSR count). The van der Waals surface area contributed by atoms with Gasteiger partial charge in [0.1, 0.15) is 11.4 Å². The number of nitrogens with zero attached hydrogens (tertiary/aromatic N) is 2. The van der Waals surface area contributed by atoms with E-state index in [4.69, 9.17) is 5.11 Å². The Hall–Kier alpha value is -3.94. The van der Waals surface area contributed by atoms with Gasteiger partial charge in [0.05, 0.1) is 23.3 Å². The molecule has 0 unspecified atom stereocenters. The molecule has 1 aromatic heterocycles. The molecule has 1 aliphatic rings. The van der Waals surface area contributed by atoms with E-state index < -0.39 is 61.9 Å². The third kappa shape index (κ3) is 4.39. The van der Waals surface area contributed by atoms with Crippen molar-refractivity contribution in [3.05, 3.63) is 75.3 Å². The van der Waals surface area contributed by atoms with Crippen molar-refractivity contribution >= 4 is 38.6 Å². The summed E-state index contributed by atoms with van der Waals surface area (Å²) in [4.78, 5) is 35.1. The largest absolute Gasteiger partial charge is 0.516 e. The van der Waals surface area contributed by atoms with Gasteiger partial charge in [0.15, 0.2) is 0 Å². The lowest BCUT2D eigenvalue weighted by molar-refractivity contribution is -0.0439. The standard InChI is InChI=1S/C22H16F4N2O7S/c23-16-7-14-17(27(13-5-6-13)10-15(19(14)29)21(32)33)8-18(16)28(36(34,35)22(24,25)26)9-11-1-3-12(4-2-11)20(30)31/h1-4,7-8,10,13H,5-6,9H2,(H,30,31)(H,32,33). The normalized spacial score (nSPS) is 14.1. The molecule has 0 radical (unpaired) electrons. The smallest absolute Gasteiger partial charge is 0.478 e. The number of carboxylic acids is 2. The molecule has 1 aliphatic carbocycles. The van der Waals surface area contributed by atoms with E-state index in [1.807, 2.05) is 0 Å². The average molecular weight is 528 g/mol. The molecule has 0 bridgehead atoms. The fourth-order valence-electron chi connectivity index (χ4n) is 3.70. The molecule has 2 aromatic carbocycles. The van der Waals surface area contributed by atoms with E-state index in [1.54, 1.807) is 0 Å². The van der Waals surface area contributed by atoms with Gasteiger partial charge in [0, 0.05) is 17.6 Å². The molecule has 1 fully saturated rings. The molecule has 14 heteroatoms. The lowest BCUT2D eigenvalue weighted by atomic mass is 10.1. The van der Waals surface area contributed by atoms with Crippen LogP contribution < -0.4 is 9.73 Å². The van der Waals surface area contributed by atoms with Crippen molar-refractivity contribution in [3.63, 3.8) is 0 Å². The van der Waals surface area contributed by atoms with Crippen molar-refractivity contribution in [2.75, 3.05) is 4.31 Å². The first-order valence-corrected chi connectivity index (χ1v) is 11.7. The van der Waals surface area contributed by atoms with Crippen LogP contribution in [0.15, 0.2) is 47.4 Å². The molecule has 0 aliphatic heterocycles. The first-order valence-electron chi connectivity index (χ1n) is 10.3. The zero-order valence-corrected chi connectivity index (χ0v) is 18.8. The summed E-state index contributed by atoms with van der Waals surface area (Å²) in [7, 11) is -6.16. The number of alkyl halides is 3. The Bertz CT molecular complexity index is 1560. The van der Waals surface area contributed by atoms with Gasteiger partial charge in [0.2, 0.25) is 5.43 Å². The molecule has 0 atom stereocenters. The summed E-state index contributed by atoms with van der Waals surface area (Å²) >= 11 is 0. The van der Waals surface area contributed by atoms with E-state index in [0.29, 0.717) is 18.9 Å². The van der Waals surface area contributed by atoms with E-state index in [-0.39, 0.29) is 27.0 Å². The highest BCUT2D eigenvalue weighted by atomic mass is 32.2. The highest BCUT2D eigenvalue weighted by Crippen LogP contribution is 2.40. The fraction of sp³-hybridized carbons (Fsp3) is 0.227. The number of hydrogen-bond acceptors (Lipinski definition) is 5. The molecule has 0 saturated heterocycles. The van der Waals surface area contributed by atoms with Crippen LogP contribution in [-0.4, -0.2) is 40.6 Å². The van der Waals surface area contributed by atoms with Crippen LogP contribution in [-0.2, 0) is 16.6 Å². The van der Waals surface area contributed by atoms with Gasteiger partial charge in [0.25, 0.3) is 0 Å². The molecular weight excluding hydrogens is 512 g/mol. The third-order valence-electron chi connectivity index (χ3n) is 5.65. The number of carboxylic acid groups (broad SMARTS) is 2. The summed E-state index contributed by atoms with van der Waals surface area (Å²) in [5.74, 6) is -4.40. The average Bonchev–Trinajstić information content (AvgIpc) is 3.62. The monoisotopic (exact) mass is 528 g/mol. The third-order valence-corrected chi connectivity index (χ3v) is 7.14. The number of sulfonamides is 1. The van der Waals surface area contributed by atoms with Crippen molar-refractivity contribution in [3.8, 4) is 0 Å². The second-order valence-corrected chi connectivity index (χ2v) is 9.95. The Balaban J connectivity index is 1.95. The first kappa shape index (κ1) is 25.2. The van der Waals surface area contributed by atoms with Crippen molar-refractivity contribution in [2.24, 2.45) is 0 Å². The topological polar surface area (TPSA) is 134 Å². The minimum absolute atomic E-state index is 0.0758. The zero-order chi connectivity index (χ0) is 26.6. The van der Waals surface area contributed by atoms with Crippen LogP contribution in [0.25, 0.3) is 10.9 Å². The van der Waals surface area contributed by atoms with Crippen LogP contribution in [0.2, 0.25) is 0 Å². The van der Waals surface area contributed by atoms with Crippen LogP contribution in [0.4, 0.5) is 23.2 Å². The molecule has 1 heterocycles. The van der Waals surface area contributed by atoms with Crippen LogP contribution in [0.3, 0.4) is 0 Å². The Kier molecular flexibility index (Phi) is 6.02. The summed E-state index contributed by atoms with van der Waals surface area (Å²) in [5, 5.41) is 17.9. The molecule has 3 aromatic rings. The number of rotatable bonds is 7. The highest BCUT2D eigenvalue weighted by molar-refractivity contribution is 7.93. The Morgan fingerprint density at radius 1 is 1.06 bits per heavy atom. The molecule has 0 spiro atoms. The Morgan fingerprint density at radius 3 is 2.17 bits per heavy atom. The van der Waals surface area contributed by atoms with Crippen molar-refractivity contribution in [1.29, 1.82) is 0 Å². The lowest BCUT2D eigenvalue weighted by Crippen LogP contribution is -2.41. The minimum atomic E-state index is -6.16. The lowest BCUT2D eigenvalue weighted by Gasteiger charge is -2.26. The second kappa shape index (κ2) is 8.62. The first-order chi connectivity index (χ1) is 16.7. The van der Waals surface area contributed by atoms with Gasteiger partial charge in [-0.3, -0.25) is 9.10 Å². The van der Waals surface area contributed by atoms with E-state index in [9.17, 15) is 41.1 Å². The zero-order valence-electron chi connectivity index (χ0n) is 18.0. The van der Waals surface area contributed by atoms with Gasteiger partial charge < -0.3 is 14.8 Å². The molecule has 0 amide bonds. The van der Waals surface area contributed by atoms with E-state index in [2.05, 4.69) is 0 Å². The predicted octanol–water partition coefficient (Wildman–Crippen LogP) is 3.73. The van der Waals surface area contributed by atoms with Gasteiger partial charge in [-0.1, -0.05) is 12.1 Å². The van der Waals surface area contributed by atoms with Crippen LogP contribution in [0, 0.1) is 5.82 Å². The summed E-state index contributed by atoms with van der Waals surface area (Å²) in [6.45, 7) is -1.01. The summed E-state index contributed by atoms with van der Waals surface area (Å²) in [5.41, 5.74) is -8.99. The van der Waals surface area contributed by atoms with Crippen LogP contribution in [0.1, 0.15) is 45.2 Å². The molecule has 1 saturated carbocycles. The van der Waals surface area contributed by atoms with E-state index in [0.717, 1.165) is 36.5 Å². The van der Waals surface area contributed by atoms with Gasteiger partial charge in [-0.2, -0.15) is 21.6 Å². The summed E-state index contributed by atoms with van der Waals surface area (Å²) in [6, 6.07) is 5.24. The van der Waals surface area contributed by atoms with E-state index in [1.165, 1.54) is 4.57 Å². The van der Waals surface area contributed by atoms with Crippen molar-refractivity contribution < 1.29 is 45.8 Å². The number of halogens is 4. The number of benzene rings is 2. The number of pyridine rings is 1. The SMILES string of the molecule is O=C(O)c1ccc(CN(c2cc3c(cc2F)c(=O)c(C(=O)O)cn3C2CC2)S(=O)(=O)C(F)(F)F)cc1. The van der Waals surface area contributed by atoms with E-state index >= 15 is 4.39 Å². The highest BCUT2D eigenvalue weighted by Gasteiger charge is 2.51. The molecule has 9 nitrogen and oxygen atoms in total. The number of anilines is 1.